The van der Waals surface area contributed by atoms with Crippen molar-refractivity contribution in [1.82, 2.24) is 0 Å². The Labute approximate surface area is 295 Å². The molecule has 8 nitrogen and oxygen atoms in total. The van der Waals surface area contributed by atoms with Crippen LogP contribution in [0.3, 0.4) is 0 Å². The predicted molar refractivity (Wildman–Crippen MR) is 195 cm³/mol. The minimum absolute atomic E-state index is 0.0904. The molecule has 1 fully saturated rings. The maximum absolute atomic E-state index is 12.5. The molecule has 0 aromatic rings. The van der Waals surface area contributed by atoms with Crippen molar-refractivity contribution in [3.63, 3.8) is 0 Å². The van der Waals surface area contributed by atoms with Crippen molar-refractivity contribution in [2.45, 2.75) is 218 Å². The first kappa shape index (κ1) is 45.3. The number of ether oxygens (including phenoxy) is 3. The molecule has 7 atom stereocenters. The number of unbranched alkanes of at least 4 members (excludes halogenated alkanes) is 17. The second-order valence-corrected chi connectivity index (χ2v) is 15.3. The average Bonchev–Trinajstić information content (AvgIpc) is 3.25. The molecule has 0 saturated heterocycles. The first-order valence-corrected chi connectivity index (χ1v) is 20.3. The van der Waals surface area contributed by atoms with Gasteiger partial charge in [-0.1, -0.05) is 163 Å². The third-order valence-corrected chi connectivity index (χ3v) is 9.95. The quantitative estimate of drug-likeness (QED) is 0.0401. The molecule has 0 aromatic heterocycles. The smallest absolute Gasteiger partial charge is 0.306 e. The Morgan fingerprint density at radius 3 is 1.62 bits per heavy atom. The zero-order valence-electron chi connectivity index (χ0n) is 31.6. The number of esters is 1. The predicted octanol–water partition coefficient (Wildman–Crippen LogP) is 8.43. The Balaban J connectivity index is 2.10. The highest BCUT2D eigenvalue weighted by atomic mass is 16.6. The molecule has 0 heterocycles. The number of rotatable bonds is 33. The maximum atomic E-state index is 12.5. The fourth-order valence-electron chi connectivity index (χ4n) is 6.71. The summed E-state index contributed by atoms with van der Waals surface area (Å²) in [6.45, 7) is 9.70. The second-order valence-electron chi connectivity index (χ2n) is 15.3. The molecule has 7 unspecified atom stereocenters. The summed E-state index contributed by atoms with van der Waals surface area (Å²) >= 11 is 0. The Morgan fingerprint density at radius 2 is 1.06 bits per heavy atom. The van der Waals surface area contributed by atoms with E-state index in [0.29, 0.717) is 13.0 Å². The lowest BCUT2D eigenvalue weighted by atomic mass is 9.96. The highest BCUT2D eigenvalue weighted by Crippen LogP contribution is 2.28. The van der Waals surface area contributed by atoms with Crippen LogP contribution in [0.15, 0.2) is 0 Å². The van der Waals surface area contributed by atoms with Crippen LogP contribution in [0, 0.1) is 11.8 Å². The van der Waals surface area contributed by atoms with E-state index in [0.717, 1.165) is 37.5 Å². The molecule has 0 aromatic carbocycles. The van der Waals surface area contributed by atoms with Gasteiger partial charge < -0.3 is 34.6 Å². The van der Waals surface area contributed by atoms with Gasteiger partial charge in [-0.05, 0) is 24.7 Å². The number of aliphatic hydroxyl groups excluding tert-OH is 4. The van der Waals surface area contributed by atoms with Crippen LogP contribution in [0.2, 0.25) is 0 Å². The maximum Gasteiger partial charge on any atom is 0.306 e. The van der Waals surface area contributed by atoms with E-state index in [-0.39, 0.29) is 19.6 Å². The normalized spacial score (nSPS) is 22.4. The topological polar surface area (TPSA) is 126 Å². The highest BCUT2D eigenvalue weighted by molar-refractivity contribution is 5.69. The molecule has 0 radical (unpaired) electrons. The van der Waals surface area contributed by atoms with Gasteiger partial charge in [-0.3, -0.25) is 4.79 Å². The Bertz CT molecular complexity index is 734. The van der Waals surface area contributed by atoms with Gasteiger partial charge in [0, 0.05) is 13.0 Å². The van der Waals surface area contributed by atoms with Crippen molar-refractivity contribution in [3.8, 4) is 0 Å². The summed E-state index contributed by atoms with van der Waals surface area (Å²) in [6, 6.07) is 0. The van der Waals surface area contributed by atoms with Gasteiger partial charge in [-0.15, -0.1) is 0 Å². The van der Waals surface area contributed by atoms with Crippen molar-refractivity contribution in [2.24, 2.45) is 11.8 Å². The van der Waals surface area contributed by atoms with E-state index in [4.69, 9.17) is 14.2 Å². The van der Waals surface area contributed by atoms with Crippen LogP contribution in [-0.4, -0.2) is 82.8 Å². The molecule has 0 bridgehead atoms. The number of hydrogen-bond donors (Lipinski definition) is 4. The highest BCUT2D eigenvalue weighted by Gasteiger charge is 2.52. The third-order valence-electron chi connectivity index (χ3n) is 9.95. The van der Waals surface area contributed by atoms with Gasteiger partial charge in [0.2, 0.25) is 0 Å². The SMILES string of the molecule is CCCCCCC(C)CCCCCCCCCOCC(O)COC1C(O)C(O)C(O)C1OC(=O)CCCCCCCCCCCC(C)C. The van der Waals surface area contributed by atoms with Crippen molar-refractivity contribution in [1.29, 1.82) is 0 Å². The minimum Gasteiger partial charge on any atom is -0.457 e. The molecule has 0 spiro atoms. The van der Waals surface area contributed by atoms with Crippen LogP contribution >= 0.6 is 0 Å². The van der Waals surface area contributed by atoms with E-state index in [2.05, 4.69) is 27.7 Å². The van der Waals surface area contributed by atoms with Crippen molar-refractivity contribution in [3.05, 3.63) is 0 Å². The van der Waals surface area contributed by atoms with E-state index >= 15 is 0 Å². The van der Waals surface area contributed by atoms with Crippen LogP contribution < -0.4 is 0 Å². The lowest BCUT2D eigenvalue weighted by Gasteiger charge is -2.24. The number of aliphatic hydroxyl groups is 4. The van der Waals surface area contributed by atoms with Crippen LogP contribution in [0.4, 0.5) is 0 Å². The molecule has 0 aliphatic heterocycles. The molecular weight excluding hydrogens is 608 g/mol. The number of carbonyl (C=O) groups is 1. The number of hydrogen-bond acceptors (Lipinski definition) is 8. The summed E-state index contributed by atoms with van der Waals surface area (Å²) < 4.78 is 16.7. The third kappa shape index (κ3) is 22.8. The Kier molecular flexibility index (Phi) is 28.2. The van der Waals surface area contributed by atoms with Crippen molar-refractivity contribution >= 4 is 5.97 Å². The molecule has 48 heavy (non-hydrogen) atoms. The van der Waals surface area contributed by atoms with E-state index in [9.17, 15) is 25.2 Å². The fraction of sp³-hybridized carbons (Fsp3) is 0.975. The molecule has 4 N–H and O–H groups in total. The lowest BCUT2D eigenvalue weighted by Crippen LogP contribution is -2.41. The average molecular weight is 687 g/mol. The van der Waals surface area contributed by atoms with Crippen molar-refractivity contribution in [2.75, 3.05) is 19.8 Å². The van der Waals surface area contributed by atoms with Gasteiger partial charge in [0.15, 0.2) is 6.10 Å². The largest absolute Gasteiger partial charge is 0.457 e. The van der Waals surface area contributed by atoms with Crippen LogP contribution in [0.25, 0.3) is 0 Å². The van der Waals surface area contributed by atoms with Gasteiger partial charge in [0.1, 0.15) is 30.5 Å². The summed E-state index contributed by atoms with van der Waals surface area (Å²) in [5.74, 6) is 1.17. The molecule has 1 aliphatic carbocycles. The zero-order chi connectivity index (χ0) is 35.4. The van der Waals surface area contributed by atoms with E-state index in [1.54, 1.807) is 0 Å². The van der Waals surface area contributed by atoms with Gasteiger partial charge in [-0.25, -0.2) is 0 Å². The van der Waals surface area contributed by atoms with E-state index in [1.807, 2.05) is 0 Å². The van der Waals surface area contributed by atoms with Crippen LogP contribution in [-0.2, 0) is 19.0 Å². The molecule has 286 valence electrons. The summed E-state index contributed by atoms with van der Waals surface area (Å²) in [5.41, 5.74) is 0. The molecule has 1 aliphatic rings. The Hall–Kier alpha value is -0.770. The number of carbonyl (C=O) groups excluding carboxylic acids is 1. The minimum atomic E-state index is -1.49. The summed E-state index contributed by atoms with van der Waals surface area (Å²) in [4.78, 5) is 12.5. The second kappa shape index (κ2) is 29.9. The van der Waals surface area contributed by atoms with Crippen LogP contribution in [0.1, 0.15) is 182 Å². The standard InChI is InChI=1S/C40H78O8/c1-5-6-7-21-26-33(4)27-22-17-13-11-15-19-24-29-46-30-34(41)31-47-39-37(44)36(43)38(45)40(39)48-35(42)28-23-18-14-10-8-9-12-16-20-25-32(2)3/h32-34,36-41,43-45H,5-31H2,1-4H3. The first-order valence-electron chi connectivity index (χ1n) is 20.3. The summed E-state index contributed by atoms with van der Waals surface area (Å²) in [5, 5.41) is 41.3. The molecule has 1 saturated carbocycles. The molecule has 0 amide bonds. The van der Waals surface area contributed by atoms with Gasteiger partial charge in [0.25, 0.3) is 0 Å². The van der Waals surface area contributed by atoms with Crippen LogP contribution in [0.5, 0.6) is 0 Å². The molecule has 1 rings (SSSR count). The van der Waals surface area contributed by atoms with Gasteiger partial charge in [0.05, 0.1) is 13.2 Å². The zero-order valence-corrected chi connectivity index (χ0v) is 31.6. The van der Waals surface area contributed by atoms with Gasteiger partial charge >= 0.3 is 5.97 Å². The summed E-state index contributed by atoms with van der Waals surface area (Å²) in [6.07, 6.45) is 20.9. The van der Waals surface area contributed by atoms with E-state index in [1.165, 1.54) is 116 Å². The molecular formula is C40H78O8. The van der Waals surface area contributed by atoms with E-state index < -0.39 is 42.6 Å². The van der Waals surface area contributed by atoms with Crippen molar-refractivity contribution < 1.29 is 39.4 Å². The summed E-state index contributed by atoms with van der Waals surface area (Å²) in [7, 11) is 0. The monoisotopic (exact) mass is 687 g/mol. The fourth-order valence-corrected chi connectivity index (χ4v) is 6.71. The molecule has 8 heteroatoms. The lowest BCUT2D eigenvalue weighted by molar-refractivity contribution is -0.168. The van der Waals surface area contributed by atoms with Gasteiger partial charge in [-0.2, -0.15) is 0 Å². The first-order chi connectivity index (χ1) is 23.2. The Morgan fingerprint density at radius 1 is 0.583 bits per heavy atom.